The molecule has 0 spiro atoms. The van der Waals surface area contributed by atoms with Gasteiger partial charge in [0.25, 0.3) is 0 Å². The van der Waals surface area contributed by atoms with E-state index in [1.807, 2.05) is 30.3 Å². The molecule has 5 heteroatoms. The van der Waals surface area contributed by atoms with E-state index in [9.17, 15) is 4.79 Å². The molecule has 4 rings (SSSR count). The topological polar surface area (TPSA) is 58.4 Å². The largest absolute Gasteiger partial charge is 0.398 e. The Morgan fingerprint density at radius 1 is 1.15 bits per heavy atom. The second-order valence-electron chi connectivity index (χ2n) is 7.16. The lowest BCUT2D eigenvalue weighted by molar-refractivity contribution is -0.120. The standard InChI is InChI=1S/C21H25N3O.ClH/c22-18-9-4-10-19-17(18)8-5-13-24(19)14-20(25)23-21(16-11-12-16)15-6-2-1-3-7-15;/h1-4,6-7,9-10,16,21H,5,8,11-14,22H2,(H,23,25);1H. The summed E-state index contributed by atoms with van der Waals surface area (Å²) in [5.41, 5.74) is 10.5. The van der Waals surface area contributed by atoms with Crippen molar-refractivity contribution in [3.05, 3.63) is 59.7 Å². The van der Waals surface area contributed by atoms with Crippen LogP contribution in [0.5, 0.6) is 0 Å². The Hall–Kier alpha value is -2.20. The summed E-state index contributed by atoms with van der Waals surface area (Å²) in [7, 11) is 0. The van der Waals surface area contributed by atoms with Gasteiger partial charge in [-0.1, -0.05) is 36.4 Å². The normalized spacial score (nSPS) is 17.0. The Balaban J connectivity index is 0.00000196. The third kappa shape index (κ3) is 3.96. The number of nitrogen functional groups attached to an aromatic ring is 1. The molecular weight excluding hydrogens is 346 g/mol. The van der Waals surface area contributed by atoms with Gasteiger partial charge in [0.2, 0.25) is 5.91 Å². The van der Waals surface area contributed by atoms with Crippen molar-refractivity contribution in [3.8, 4) is 0 Å². The number of fused-ring (bicyclic) bond motifs is 1. The van der Waals surface area contributed by atoms with Crippen LogP contribution in [0.2, 0.25) is 0 Å². The summed E-state index contributed by atoms with van der Waals surface area (Å²) in [5, 5.41) is 3.28. The molecule has 26 heavy (non-hydrogen) atoms. The number of nitrogens with zero attached hydrogens (tertiary/aromatic N) is 1. The predicted octanol–water partition coefficient (Wildman–Crippen LogP) is 3.71. The fraction of sp³-hybridized carbons (Fsp3) is 0.381. The van der Waals surface area contributed by atoms with Gasteiger partial charge in [-0.05, 0) is 54.9 Å². The Labute approximate surface area is 161 Å². The summed E-state index contributed by atoms with van der Waals surface area (Å²) in [6.07, 6.45) is 4.43. The van der Waals surface area contributed by atoms with E-state index < -0.39 is 0 Å². The molecule has 138 valence electrons. The maximum absolute atomic E-state index is 12.7. The molecule has 1 aliphatic carbocycles. The van der Waals surface area contributed by atoms with Gasteiger partial charge in [0.15, 0.2) is 0 Å². The summed E-state index contributed by atoms with van der Waals surface area (Å²) >= 11 is 0. The van der Waals surface area contributed by atoms with Crippen LogP contribution in [0.25, 0.3) is 0 Å². The van der Waals surface area contributed by atoms with Crippen LogP contribution in [0.1, 0.15) is 36.4 Å². The number of amides is 1. The van der Waals surface area contributed by atoms with Gasteiger partial charge in [-0.2, -0.15) is 0 Å². The van der Waals surface area contributed by atoms with Crippen molar-refractivity contribution in [2.24, 2.45) is 5.92 Å². The molecule has 2 aromatic carbocycles. The van der Waals surface area contributed by atoms with Crippen LogP contribution in [-0.4, -0.2) is 19.0 Å². The summed E-state index contributed by atoms with van der Waals surface area (Å²) in [6, 6.07) is 16.5. The highest BCUT2D eigenvalue weighted by atomic mass is 35.5. The maximum Gasteiger partial charge on any atom is 0.240 e. The van der Waals surface area contributed by atoms with Crippen molar-refractivity contribution >= 4 is 29.7 Å². The van der Waals surface area contributed by atoms with Gasteiger partial charge in [-0.3, -0.25) is 4.79 Å². The van der Waals surface area contributed by atoms with Crippen LogP contribution in [0.15, 0.2) is 48.5 Å². The Morgan fingerprint density at radius 2 is 1.92 bits per heavy atom. The molecule has 4 nitrogen and oxygen atoms in total. The number of hydrogen-bond acceptors (Lipinski definition) is 3. The van der Waals surface area contributed by atoms with E-state index in [0.29, 0.717) is 12.5 Å². The summed E-state index contributed by atoms with van der Waals surface area (Å²) in [6.45, 7) is 1.30. The minimum absolute atomic E-state index is 0. The molecule has 1 amide bonds. The van der Waals surface area contributed by atoms with Crippen molar-refractivity contribution in [2.45, 2.75) is 31.7 Å². The minimum Gasteiger partial charge on any atom is -0.398 e. The monoisotopic (exact) mass is 371 g/mol. The first-order chi connectivity index (χ1) is 12.2. The number of anilines is 2. The summed E-state index contributed by atoms with van der Waals surface area (Å²) < 4.78 is 0. The Bertz CT molecular complexity index is 761. The van der Waals surface area contributed by atoms with E-state index in [4.69, 9.17) is 5.73 Å². The van der Waals surface area contributed by atoms with Crippen molar-refractivity contribution in [1.82, 2.24) is 5.32 Å². The molecule has 2 aliphatic rings. The van der Waals surface area contributed by atoms with E-state index in [1.165, 1.54) is 24.0 Å². The van der Waals surface area contributed by atoms with Gasteiger partial charge in [-0.25, -0.2) is 0 Å². The lowest BCUT2D eigenvalue weighted by Gasteiger charge is -2.32. The second-order valence-corrected chi connectivity index (χ2v) is 7.16. The Kier molecular flexibility index (Phi) is 5.72. The molecule has 1 unspecified atom stereocenters. The zero-order chi connectivity index (χ0) is 17.2. The van der Waals surface area contributed by atoms with Crippen LogP contribution in [0.4, 0.5) is 11.4 Å². The maximum atomic E-state index is 12.7. The lowest BCUT2D eigenvalue weighted by atomic mass is 9.99. The molecule has 0 bridgehead atoms. The molecule has 1 fully saturated rings. The number of halogens is 1. The fourth-order valence-electron chi connectivity index (χ4n) is 3.85. The number of nitrogens with two attached hydrogens (primary N) is 1. The molecule has 0 aromatic heterocycles. The van der Waals surface area contributed by atoms with E-state index in [0.717, 1.165) is 30.8 Å². The summed E-state index contributed by atoms with van der Waals surface area (Å²) in [4.78, 5) is 14.9. The fourth-order valence-corrected chi connectivity index (χ4v) is 3.85. The molecule has 0 radical (unpaired) electrons. The SMILES string of the molecule is Cl.Nc1cccc2c1CCCN2CC(=O)NC(c1ccccc1)C1CC1. The first-order valence-corrected chi connectivity index (χ1v) is 9.19. The predicted molar refractivity (Wildman–Crippen MR) is 109 cm³/mol. The van der Waals surface area contributed by atoms with Crippen molar-refractivity contribution < 1.29 is 4.79 Å². The minimum atomic E-state index is 0. The highest BCUT2D eigenvalue weighted by molar-refractivity contribution is 5.85. The van der Waals surface area contributed by atoms with E-state index >= 15 is 0 Å². The molecule has 1 heterocycles. The molecule has 1 saturated carbocycles. The van der Waals surface area contributed by atoms with Crippen molar-refractivity contribution in [2.75, 3.05) is 23.7 Å². The van der Waals surface area contributed by atoms with Crippen molar-refractivity contribution in [1.29, 1.82) is 0 Å². The number of benzene rings is 2. The van der Waals surface area contributed by atoms with E-state index in [-0.39, 0.29) is 24.4 Å². The molecule has 1 aliphatic heterocycles. The molecular formula is C21H26ClN3O. The van der Waals surface area contributed by atoms with Crippen molar-refractivity contribution in [3.63, 3.8) is 0 Å². The smallest absolute Gasteiger partial charge is 0.240 e. The first-order valence-electron chi connectivity index (χ1n) is 9.19. The van der Waals surface area contributed by atoms with Gasteiger partial charge < -0.3 is 16.0 Å². The van der Waals surface area contributed by atoms with Crippen LogP contribution in [-0.2, 0) is 11.2 Å². The van der Waals surface area contributed by atoms with Crippen LogP contribution >= 0.6 is 12.4 Å². The highest BCUT2D eigenvalue weighted by Crippen LogP contribution is 2.41. The van der Waals surface area contributed by atoms with Gasteiger partial charge in [0, 0.05) is 17.9 Å². The Morgan fingerprint density at radius 3 is 2.65 bits per heavy atom. The van der Waals surface area contributed by atoms with Gasteiger partial charge in [0.1, 0.15) is 0 Å². The summed E-state index contributed by atoms with van der Waals surface area (Å²) in [5.74, 6) is 0.673. The van der Waals surface area contributed by atoms with Gasteiger partial charge in [0.05, 0.1) is 12.6 Å². The lowest BCUT2D eigenvalue weighted by Crippen LogP contribution is -2.41. The zero-order valence-corrected chi connectivity index (χ0v) is 15.7. The third-order valence-corrected chi connectivity index (χ3v) is 5.29. The van der Waals surface area contributed by atoms with E-state index in [2.05, 4.69) is 28.4 Å². The number of carbonyl (C=O) groups excluding carboxylic acids is 1. The number of nitrogens with one attached hydrogen (secondary N) is 1. The molecule has 2 aromatic rings. The number of rotatable bonds is 5. The third-order valence-electron chi connectivity index (χ3n) is 5.29. The highest BCUT2D eigenvalue weighted by Gasteiger charge is 2.33. The van der Waals surface area contributed by atoms with E-state index in [1.54, 1.807) is 0 Å². The number of carbonyl (C=O) groups is 1. The molecule has 0 saturated heterocycles. The van der Waals surface area contributed by atoms with Crippen LogP contribution in [0, 0.1) is 5.92 Å². The van der Waals surface area contributed by atoms with Crippen LogP contribution in [0.3, 0.4) is 0 Å². The average molecular weight is 372 g/mol. The molecule has 3 N–H and O–H groups in total. The number of hydrogen-bond donors (Lipinski definition) is 2. The average Bonchev–Trinajstić information content (AvgIpc) is 3.46. The van der Waals surface area contributed by atoms with Gasteiger partial charge in [-0.15, -0.1) is 12.4 Å². The quantitative estimate of drug-likeness (QED) is 0.787. The second kappa shape index (κ2) is 8.00. The zero-order valence-electron chi connectivity index (χ0n) is 14.9. The van der Waals surface area contributed by atoms with Gasteiger partial charge >= 0.3 is 0 Å². The van der Waals surface area contributed by atoms with Crippen LogP contribution < -0.4 is 16.0 Å². The first kappa shape index (κ1) is 18.6. The molecule has 1 atom stereocenters.